The summed E-state index contributed by atoms with van der Waals surface area (Å²) >= 11 is 0. The van der Waals surface area contributed by atoms with E-state index in [1.54, 1.807) is 0 Å². The van der Waals surface area contributed by atoms with Crippen LogP contribution in [0.25, 0.3) is 0 Å². The highest BCUT2D eigenvalue weighted by atomic mass is 14.9. The maximum absolute atomic E-state index is 8.89. The summed E-state index contributed by atoms with van der Waals surface area (Å²) in [7, 11) is 0. The Morgan fingerprint density at radius 1 is 0.933 bits per heavy atom. The van der Waals surface area contributed by atoms with Crippen molar-refractivity contribution < 1.29 is 0 Å². The molecule has 0 aromatic heterocycles. The van der Waals surface area contributed by atoms with Crippen LogP contribution in [0, 0.1) is 27.6 Å². The van der Waals surface area contributed by atoms with Crippen LogP contribution in [0.1, 0.15) is 48.5 Å². The normalized spacial score (nSPS) is 13.7. The third-order valence-electron chi connectivity index (χ3n) is 3.47. The van der Waals surface area contributed by atoms with Crippen LogP contribution in [0.2, 0.25) is 0 Å². The predicted octanol–water partition coefficient (Wildman–Crippen LogP) is 3.20. The van der Waals surface area contributed by atoms with Crippen molar-refractivity contribution in [3.8, 4) is 6.07 Å². The van der Waals surface area contributed by atoms with Gasteiger partial charge in [0.25, 0.3) is 0 Å². The molecule has 0 saturated heterocycles. The minimum Gasteiger partial charge on any atom is -0.315 e. The van der Waals surface area contributed by atoms with E-state index >= 15 is 0 Å². The van der Waals surface area contributed by atoms with E-state index in [1.165, 1.54) is 0 Å². The average molecular weight is 210 g/mol. The maximum atomic E-state index is 8.89. The fourth-order valence-electron chi connectivity index (χ4n) is 0.992. The zero-order chi connectivity index (χ0) is 12.3. The number of hydrogen-bond donors (Lipinski definition) is 1. The molecule has 2 heteroatoms. The molecule has 0 spiro atoms. The van der Waals surface area contributed by atoms with Crippen molar-refractivity contribution in [1.82, 2.24) is 5.32 Å². The summed E-state index contributed by atoms with van der Waals surface area (Å²) in [4.78, 5) is 0. The van der Waals surface area contributed by atoms with E-state index in [-0.39, 0.29) is 16.2 Å². The Hall–Kier alpha value is -0.550. The lowest BCUT2D eigenvalue weighted by atomic mass is 9.69. The lowest BCUT2D eigenvalue weighted by molar-refractivity contribution is 0.126. The second-order valence-electron chi connectivity index (χ2n) is 6.73. The van der Waals surface area contributed by atoms with E-state index in [0.717, 1.165) is 13.1 Å². The summed E-state index contributed by atoms with van der Waals surface area (Å²) in [5, 5.41) is 12.3. The van der Waals surface area contributed by atoms with E-state index < -0.39 is 0 Å². The zero-order valence-corrected chi connectivity index (χ0v) is 11.4. The molecule has 1 N–H and O–H groups in total. The molecular weight excluding hydrogens is 184 g/mol. The van der Waals surface area contributed by atoms with Crippen LogP contribution in [-0.4, -0.2) is 13.1 Å². The van der Waals surface area contributed by atoms with Crippen molar-refractivity contribution in [2.24, 2.45) is 16.2 Å². The van der Waals surface area contributed by atoms with Gasteiger partial charge in [0.1, 0.15) is 0 Å². The van der Waals surface area contributed by atoms with Crippen molar-refractivity contribution in [2.45, 2.75) is 48.5 Å². The van der Waals surface area contributed by atoms with Crippen molar-refractivity contribution in [1.29, 1.82) is 5.26 Å². The van der Waals surface area contributed by atoms with Gasteiger partial charge in [-0.05, 0) is 24.7 Å². The molecule has 88 valence electrons. The van der Waals surface area contributed by atoms with Crippen LogP contribution in [0.15, 0.2) is 0 Å². The van der Waals surface area contributed by atoms with Crippen molar-refractivity contribution in [3.05, 3.63) is 0 Å². The number of nitrogens with zero attached hydrogens (tertiary/aromatic N) is 1. The lowest BCUT2D eigenvalue weighted by Gasteiger charge is -2.39. The summed E-state index contributed by atoms with van der Waals surface area (Å²) in [5.41, 5.74) is 0.239. The van der Waals surface area contributed by atoms with Crippen LogP contribution in [0.3, 0.4) is 0 Å². The van der Waals surface area contributed by atoms with E-state index in [1.807, 2.05) is 13.8 Å². The SMILES string of the molecule is CC(C)(C#N)CNCC(C)(C)C(C)(C)C. The van der Waals surface area contributed by atoms with Gasteiger partial charge < -0.3 is 5.32 Å². The molecule has 2 nitrogen and oxygen atoms in total. The molecule has 15 heavy (non-hydrogen) atoms. The zero-order valence-electron chi connectivity index (χ0n) is 11.4. The Labute approximate surface area is 95.1 Å². The molecule has 0 aliphatic heterocycles. The smallest absolute Gasteiger partial charge is 0.0697 e. The summed E-state index contributed by atoms with van der Waals surface area (Å²) in [6.07, 6.45) is 0. The van der Waals surface area contributed by atoms with Gasteiger partial charge in [-0.3, -0.25) is 0 Å². The second kappa shape index (κ2) is 4.53. The molecule has 0 aromatic carbocycles. The van der Waals surface area contributed by atoms with Gasteiger partial charge in [-0.1, -0.05) is 34.6 Å². The molecule has 0 radical (unpaired) electrons. The van der Waals surface area contributed by atoms with Crippen LogP contribution in [0.4, 0.5) is 0 Å². The summed E-state index contributed by atoms with van der Waals surface area (Å²) in [5.74, 6) is 0. The van der Waals surface area contributed by atoms with Crippen LogP contribution in [-0.2, 0) is 0 Å². The molecule has 0 heterocycles. The van der Waals surface area contributed by atoms with Crippen LogP contribution < -0.4 is 5.32 Å². The first-order valence-electron chi connectivity index (χ1n) is 5.64. The van der Waals surface area contributed by atoms with Gasteiger partial charge in [-0.25, -0.2) is 0 Å². The molecule has 0 saturated carbocycles. The molecule has 0 aliphatic carbocycles. The molecule has 0 rings (SSSR count). The molecule has 0 atom stereocenters. The van der Waals surface area contributed by atoms with Gasteiger partial charge in [0.15, 0.2) is 0 Å². The Balaban J connectivity index is 4.15. The highest BCUT2D eigenvalue weighted by Gasteiger charge is 2.32. The fourth-order valence-corrected chi connectivity index (χ4v) is 0.992. The van der Waals surface area contributed by atoms with Gasteiger partial charge >= 0.3 is 0 Å². The van der Waals surface area contributed by atoms with Gasteiger partial charge in [0.2, 0.25) is 0 Å². The molecule has 0 amide bonds. The maximum Gasteiger partial charge on any atom is 0.0697 e. The van der Waals surface area contributed by atoms with Gasteiger partial charge in [-0.15, -0.1) is 0 Å². The Morgan fingerprint density at radius 2 is 1.40 bits per heavy atom. The number of nitrogens with one attached hydrogen (secondary N) is 1. The monoisotopic (exact) mass is 210 g/mol. The first kappa shape index (κ1) is 14.5. The first-order valence-corrected chi connectivity index (χ1v) is 5.64. The van der Waals surface area contributed by atoms with E-state index in [9.17, 15) is 0 Å². The highest BCUT2D eigenvalue weighted by Crippen LogP contribution is 2.37. The van der Waals surface area contributed by atoms with E-state index in [4.69, 9.17) is 5.26 Å². The standard InChI is InChI=1S/C13H26N2/c1-11(2,3)13(6,7)10-15-9-12(4,5)8-14/h15H,9-10H2,1-7H3. The predicted molar refractivity (Wildman–Crippen MR) is 65.5 cm³/mol. The van der Waals surface area contributed by atoms with Gasteiger partial charge in [0.05, 0.1) is 11.5 Å². The largest absolute Gasteiger partial charge is 0.315 e. The van der Waals surface area contributed by atoms with Crippen LogP contribution >= 0.6 is 0 Å². The third-order valence-corrected chi connectivity index (χ3v) is 3.47. The summed E-state index contributed by atoms with van der Waals surface area (Å²) in [6.45, 7) is 16.9. The van der Waals surface area contributed by atoms with Gasteiger partial charge in [-0.2, -0.15) is 5.26 Å². The number of hydrogen-bond acceptors (Lipinski definition) is 2. The van der Waals surface area contributed by atoms with Gasteiger partial charge in [0, 0.05) is 13.1 Å². The first-order chi connectivity index (χ1) is 6.52. The summed E-state index contributed by atoms with van der Waals surface area (Å²) in [6, 6.07) is 2.30. The van der Waals surface area contributed by atoms with Crippen molar-refractivity contribution >= 4 is 0 Å². The molecule has 0 aliphatic rings. The van der Waals surface area contributed by atoms with Crippen molar-refractivity contribution in [3.63, 3.8) is 0 Å². The fraction of sp³-hybridized carbons (Fsp3) is 0.923. The molecule has 0 unspecified atom stereocenters. The number of rotatable bonds is 4. The molecule has 0 aromatic rings. The van der Waals surface area contributed by atoms with Crippen LogP contribution in [0.5, 0.6) is 0 Å². The third kappa shape index (κ3) is 4.66. The average Bonchev–Trinajstić information content (AvgIpc) is 2.01. The Bertz CT molecular complexity index is 238. The van der Waals surface area contributed by atoms with E-state index in [2.05, 4.69) is 46.0 Å². The van der Waals surface area contributed by atoms with Crippen molar-refractivity contribution in [2.75, 3.05) is 13.1 Å². The Kier molecular flexibility index (Phi) is 4.36. The highest BCUT2D eigenvalue weighted by molar-refractivity contribution is 4.94. The number of nitriles is 1. The lowest BCUT2D eigenvalue weighted by Crippen LogP contribution is -2.42. The quantitative estimate of drug-likeness (QED) is 0.773. The van der Waals surface area contributed by atoms with E-state index in [0.29, 0.717) is 0 Å². The molecular formula is C13H26N2. The molecule has 0 fully saturated rings. The Morgan fingerprint density at radius 3 is 1.73 bits per heavy atom. The minimum atomic E-state index is -0.270. The second-order valence-corrected chi connectivity index (χ2v) is 6.73. The topological polar surface area (TPSA) is 35.8 Å². The summed E-state index contributed by atoms with van der Waals surface area (Å²) < 4.78 is 0. The molecule has 0 bridgehead atoms. The minimum absolute atomic E-state index is 0.235.